The summed E-state index contributed by atoms with van der Waals surface area (Å²) in [4.78, 5) is 31.0. The van der Waals surface area contributed by atoms with Gasteiger partial charge in [0.05, 0.1) is 5.56 Å². The van der Waals surface area contributed by atoms with Gasteiger partial charge in [-0.3, -0.25) is 9.59 Å². The van der Waals surface area contributed by atoms with Gasteiger partial charge < -0.3 is 10.2 Å². The molecule has 2 fully saturated rings. The van der Waals surface area contributed by atoms with E-state index >= 15 is 0 Å². The lowest BCUT2D eigenvalue weighted by Crippen LogP contribution is -2.41. The van der Waals surface area contributed by atoms with Crippen molar-refractivity contribution in [3.8, 4) is 0 Å². The van der Waals surface area contributed by atoms with E-state index in [1.54, 1.807) is 6.20 Å². The molecule has 5 nitrogen and oxygen atoms in total. The number of carbonyl (C=O) groups excluding carboxylic acids is 2. The zero-order valence-corrected chi connectivity index (χ0v) is 16.4. The lowest BCUT2D eigenvalue weighted by atomic mass is 9.96. The minimum Gasteiger partial charge on any atom is -0.356 e. The van der Waals surface area contributed by atoms with Gasteiger partial charge in [-0.05, 0) is 55.9 Å². The summed E-state index contributed by atoms with van der Waals surface area (Å²) in [6.45, 7) is 2.26. The first-order valence-corrected chi connectivity index (χ1v) is 10.9. The minimum absolute atomic E-state index is 0.0752. The fourth-order valence-electron chi connectivity index (χ4n) is 4.03. The molecule has 1 aromatic heterocycles. The Kier molecular flexibility index (Phi) is 6.94. The first-order chi connectivity index (χ1) is 12.7. The van der Waals surface area contributed by atoms with Crippen molar-refractivity contribution in [3.05, 3.63) is 23.9 Å². The number of thioether (sulfide) groups is 1. The third-order valence-electron chi connectivity index (χ3n) is 5.63. The Hall–Kier alpha value is -1.56. The average Bonchev–Trinajstić information content (AvgIpc) is 3.19. The van der Waals surface area contributed by atoms with Crippen LogP contribution >= 0.6 is 11.8 Å². The Bertz CT molecular complexity index is 623. The van der Waals surface area contributed by atoms with Gasteiger partial charge in [0.15, 0.2) is 0 Å². The summed E-state index contributed by atoms with van der Waals surface area (Å²) in [5.74, 6) is 1.35. The number of carbonyl (C=O) groups is 2. The van der Waals surface area contributed by atoms with Crippen LogP contribution in [0.15, 0.2) is 23.4 Å². The third-order valence-corrected chi connectivity index (χ3v) is 6.35. The number of piperidine rings is 1. The summed E-state index contributed by atoms with van der Waals surface area (Å²) in [6.07, 6.45) is 11.2. The summed E-state index contributed by atoms with van der Waals surface area (Å²) in [6, 6.07) is 3.68. The van der Waals surface area contributed by atoms with Crippen LogP contribution in [-0.2, 0) is 4.79 Å². The van der Waals surface area contributed by atoms with Crippen LogP contribution in [0.3, 0.4) is 0 Å². The molecule has 3 rings (SSSR count). The van der Waals surface area contributed by atoms with Crippen LogP contribution in [0.4, 0.5) is 0 Å². The number of amides is 2. The van der Waals surface area contributed by atoms with Crippen molar-refractivity contribution in [1.29, 1.82) is 0 Å². The maximum absolute atomic E-state index is 12.7. The van der Waals surface area contributed by atoms with Gasteiger partial charge in [0.1, 0.15) is 5.03 Å². The molecular weight excluding hydrogens is 346 g/mol. The van der Waals surface area contributed by atoms with Crippen molar-refractivity contribution >= 4 is 23.6 Å². The van der Waals surface area contributed by atoms with Crippen molar-refractivity contribution in [2.45, 2.75) is 50.0 Å². The summed E-state index contributed by atoms with van der Waals surface area (Å²) < 4.78 is 0. The highest BCUT2D eigenvalue weighted by atomic mass is 32.2. The second-order valence-corrected chi connectivity index (χ2v) is 8.25. The molecule has 1 saturated carbocycles. The van der Waals surface area contributed by atoms with Crippen molar-refractivity contribution in [2.75, 3.05) is 25.9 Å². The maximum atomic E-state index is 12.7. The molecule has 0 spiro atoms. The van der Waals surface area contributed by atoms with Crippen LogP contribution in [0.25, 0.3) is 0 Å². The van der Waals surface area contributed by atoms with Crippen molar-refractivity contribution in [2.24, 2.45) is 11.8 Å². The van der Waals surface area contributed by atoms with Gasteiger partial charge in [-0.15, -0.1) is 11.8 Å². The number of nitrogens with one attached hydrogen (secondary N) is 1. The lowest BCUT2D eigenvalue weighted by molar-refractivity contribution is -0.122. The van der Waals surface area contributed by atoms with E-state index in [9.17, 15) is 9.59 Å². The third kappa shape index (κ3) is 5.00. The molecule has 0 aromatic carbocycles. The number of pyridine rings is 1. The smallest absolute Gasteiger partial charge is 0.256 e. The Balaban J connectivity index is 1.42. The SMILES string of the molecule is CSc1ncccc1C(=O)N1CCC(CNC(=O)CC2CCCC2)CC1. The van der Waals surface area contributed by atoms with Gasteiger partial charge >= 0.3 is 0 Å². The summed E-state index contributed by atoms with van der Waals surface area (Å²) >= 11 is 1.51. The molecule has 2 aliphatic rings. The molecule has 0 atom stereocenters. The van der Waals surface area contributed by atoms with E-state index in [-0.39, 0.29) is 11.8 Å². The fourth-order valence-corrected chi connectivity index (χ4v) is 4.58. The number of rotatable bonds is 6. The van der Waals surface area contributed by atoms with Gasteiger partial charge in [-0.2, -0.15) is 0 Å². The highest BCUT2D eigenvalue weighted by Crippen LogP contribution is 2.27. The molecule has 0 bridgehead atoms. The van der Waals surface area contributed by atoms with Crippen LogP contribution in [0.1, 0.15) is 55.3 Å². The van der Waals surface area contributed by atoms with Gasteiger partial charge in [0.2, 0.25) is 5.91 Å². The normalized spacial score (nSPS) is 18.9. The first-order valence-electron chi connectivity index (χ1n) is 9.72. The lowest BCUT2D eigenvalue weighted by Gasteiger charge is -2.32. The summed E-state index contributed by atoms with van der Waals surface area (Å²) in [5, 5.41) is 3.91. The molecule has 1 aromatic rings. The van der Waals surface area contributed by atoms with Crippen molar-refractivity contribution < 1.29 is 9.59 Å². The van der Waals surface area contributed by atoms with Crippen LogP contribution in [0.5, 0.6) is 0 Å². The van der Waals surface area contributed by atoms with Gasteiger partial charge in [0, 0.05) is 32.3 Å². The van der Waals surface area contributed by atoms with Crippen molar-refractivity contribution in [1.82, 2.24) is 15.2 Å². The quantitative estimate of drug-likeness (QED) is 0.775. The monoisotopic (exact) mass is 375 g/mol. The summed E-state index contributed by atoms with van der Waals surface area (Å²) in [7, 11) is 0. The van der Waals surface area contributed by atoms with E-state index in [2.05, 4.69) is 10.3 Å². The molecular formula is C20H29N3O2S. The predicted molar refractivity (Wildman–Crippen MR) is 104 cm³/mol. The van der Waals surface area contributed by atoms with Gasteiger partial charge in [-0.1, -0.05) is 12.8 Å². The molecule has 6 heteroatoms. The van der Waals surface area contributed by atoms with E-state index < -0.39 is 0 Å². The van der Waals surface area contributed by atoms with E-state index in [4.69, 9.17) is 0 Å². The number of aromatic nitrogens is 1. The highest BCUT2D eigenvalue weighted by Gasteiger charge is 2.26. The van der Waals surface area contributed by atoms with E-state index in [1.807, 2.05) is 23.3 Å². The van der Waals surface area contributed by atoms with Crippen LogP contribution < -0.4 is 5.32 Å². The molecule has 1 aliphatic carbocycles. The van der Waals surface area contributed by atoms with Crippen LogP contribution in [-0.4, -0.2) is 47.6 Å². The number of hydrogen-bond acceptors (Lipinski definition) is 4. The van der Waals surface area contributed by atoms with E-state index in [0.29, 0.717) is 23.8 Å². The second-order valence-electron chi connectivity index (χ2n) is 7.45. The van der Waals surface area contributed by atoms with E-state index in [1.165, 1.54) is 37.4 Å². The van der Waals surface area contributed by atoms with Crippen molar-refractivity contribution in [3.63, 3.8) is 0 Å². The fraction of sp³-hybridized carbons (Fsp3) is 0.650. The molecule has 1 aliphatic heterocycles. The maximum Gasteiger partial charge on any atom is 0.256 e. The van der Waals surface area contributed by atoms with Crippen LogP contribution in [0, 0.1) is 11.8 Å². The van der Waals surface area contributed by atoms with Crippen LogP contribution in [0.2, 0.25) is 0 Å². The first kappa shape index (κ1) is 19.2. The second kappa shape index (κ2) is 9.40. The molecule has 0 unspecified atom stereocenters. The Morgan fingerprint density at radius 2 is 1.92 bits per heavy atom. The zero-order valence-electron chi connectivity index (χ0n) is 15.6. The molecule has 26 heavy (non-hydrogen) atoms. The predicted octanol–water partition coefficient (Wildman–Crippen LogP) is 3.35. The molecule has 0 radical (unpaired) electrons. The Labute approximate surface area is 160 Å². The zero-order chi connectivity index (χ0) is 18.4. The number of nitrogens with zero attached hydrogens (tertiary/aromatic N) is 2. The molecule has 2 amide bonds. The Morgan fingerprint density at radius 1 is 1.19 bits per heavy atom. The minimum atomic E-state index is 0.0752. The standard InChI is InChI=1S/C20H29N3O2S/c1-26-19-17(7-4-10-21-19)20(25)23-11-8-16(9-12-23)14-22-18(24)13-15-5-2-3-6-15/h4,7,10,15-16H,2-3,5-6,8-9,11-14H2,1H3,(H,22,24). The van der Waals surface area contributed by atoms with Gasteiger partial charge in [-0.25, -0.2) is 4.98 Å². The topological polar surface area (TPSA) is 62.3 Å². The number of likely N-dealkylation sites (tertiary alicyclic amines) is 1. The van der Waals surface area contributed by atoms with E-state index in [0.717, 1.165) is 37.5 Å². The molecule has 142 valence electrons. The largest absolute Gasteiger partial charge is 0.356 e. The number of hydrogen-bond donors (Lipinski definition) is 1. The molecule has 1 N–H and O–H groups in total. The summed E-state index contributed by atoms with van der Waals surface area (Å²) in [5.41, 5.74) is 0.698. The molecule has 2 heterocycles. The average molecular weight is 376 g/mol. The Morgan fingerprint density at radius 3 is 2.62 bits per heavy atom. The molecule has 1 saturated heterocycles. The van der Waals surface area contributed by atoms with Gasteiger partial charge in [0.25, 0.3) is 5.91 Å². The highest BCUT2D eigenvalue weighted by molar-refractivity contribution is 7.98.